The molecular weight excluding hydrogens is 362 g/mol. The van der Waals surface area contributed by atoms with E-state index in [0.29, 0.717) is 12.2 Å². The fraction of sp³-hybridized carbons (Fsp3) is 0.167. The summed E-state index contributed by atoms with van der Waals surface area (Å²) in [5, 5.41) is 0. The smallest absolute Gasteiger partial charge is 0.258 e. The second kappa shape index (κ2) is 7.43. The number of carbonyl (C=O) groups excluding carboxylic acids is 1. The molecular formula is C24H21N3O2. The number of hydrogen-bond donors (Lipinski definition) is 0. The predicted molar refractivity (Wildman–Crippen MR) is 112 cm³/mol. The Kier molecular flexibility index (Phi) is 4.48. The van der Waals surface area contributed by atoms with E-state index in [1.807, 2.05) is 82.4 Å². The number of fused-ring (bicyclic) bond motifs is 2. The van der Waals surface area contributed by atoms with Crippen LogP contribution < -0.4 is 9.64 Å². The van der Waals surface area contributed by atoms with Gasteiger partial charge in [0.2, 0.25) is 0 Å². The molecule has 0 saturated heterocycles. The van der Waals surface area contributed by atoms with Crippen LogP contribution in [0.2, 0.25) is 0 Å². The molecule has 5 rings (SSSR count). The summed E-state index contributed by atoms with van der Waals surface area (Å²) in [5.74, 6) is 0.752. The molecule has 0 unspecified atom stereocenters. The lowest BCUT2D eigenvalue weighted by molar-refractivity contribution is 0.0985. The lowest BCUT2D eigenvalue weighted by atomic mass is 10.0. The van der Waals surface area contributed by atoms with Gasteiger partial charge in [0, 0.05) is 30.2 Å². The van der Waals surface area contributed by atoms with Gasteiger partial charge in [-0.05, 0) is 60.9 Å². The number of para-hydroxylation sites is 1. The number of rotatable bonds is 4. The molecule has 2 aromatic carbocycles. The van der Waals surface area contributed by atoms with Gasteiger partial charge < -0.3 is 14.0 Å². The molecule has 0 N–H and O–H groups in total. The van der Waals surface area contributed by atoms with Crippen LogP contribution in [0.1, 0.15) is 28.0 Å². The summed E-state index contributed by atoms with van der Waals surface area (Å²) in [7, 11) is 0. The molecule has 0 fully saturated rings. The quantitative estimate of drug-likeness (QED) is 0.521. The lowest BCUT2D eigenvalue weighted by Crippen LogP contribution is -2.35. The maximum Gasteiger partial charge on any atom is 0.258 e. The zero-order valence-electron chi connectivity index (χ0n) is 16.0. The van der Waals surface area contributed by atoms with E-state index in [2.05, 4.69) is 11.1 Å². The molecule has 0 radical (unpaired) electrons. The van der Waals surface area contributed by atoms with Crippen LogP contribution in [-0.2, 0) is 13.0 Å². The summed E-state index contributed by atoms with van der Waals surface area (Å²) in [4.78, 5) is 19.4. The number of anilines is 1. The molecule has 2 aromatic heterocycles. The molecule has 1 aliphatic rings. The van der Waals surface area contributed by atoms with Crippen LogP contribution >= 0.6 is 0 Å². The summed E-state index contributed by atoms with van der Waals surface area (Å²) < 4.78 is 7.83. The van der Waals surface area contributed by atoms with Crippen molar-refractivity contribution >= 4 is 17.2 Å². The summed E-state index contributed by atoms with van der Waals surface area (Å²) in [6.07, 6.45) is 5.94. The van der Waals surface area contributed by atoms with E-state index < -0.39 is 0 Å². The van der Waals surface area contributed by atoms with Crippen LogP contribution in [0.3, 0.4) is 0 Å². The number of imidazole rings is 1. The molecule has 4 aromatic rings. The Labute approximate surface area is 169 Å². The van der Waals surface area contributed by atoms with Crippen molar-refractivity contribution in [2.75, 3.05) is 11.4 Å². The fourth-order valence-corrected chi connectivity index (χ4v) is 3.81. The maximum absolute atomic E-state index is 13.0. The van der Waals surface area contributed by atoms with Crippen LogP contribution in [0.4, 0.5) is 5.69 Å². The average molecular weight is 383 g/mol. The van der Waals surface area contributed by atoms with Crippen molar-refractivity contribution in [2.24, 2.45) is 0 Å². The fourth-order valence-electron chi connectivity index (χ4n) is 3.81. The monoisotopic (exact) mass is 383 g/mol. The van der Waals surface area contributed by atoms with E-state index in [9.17, 15) is 4.79 Å². The van der Waals surface area contributed by atoms with Crippen molar-refractivity contribution in [1.82, 2.24) is 9.38 Å². The summed E-state index contributed by atoms with van der Waals surface area (Å²) in [6, 6.07) is 21.4. The van der Waals surface area contributed by atoms with Crippen molar-refractivity contribution in [3.8, 4) is 5.75 Å². The molecule has 0 aliphatic carbocycles. The second-order valence-corrected chi connectivity index (χ2v) is 7.20. The van der Waals surface area contributed by atoms with Gasteiger partial charge in [0.15, 0.2) is 0 Å². The zero-order valence-corrected chi connectivity index (χ0v) is 16.0. The van der Waals surface area contributed by atoms with E-state index in [1.165, 1.54) is 5.56 Å². The highest BCUT2D eigenvalue weighted by atomic mass is 16.5. The number of hydrogen-bond acceptors (Lipinski definition) is 3. The van der Waals surface area contributed by atoms with Gasteiger partial charge in [-0.25, -0.2) is 4.98 Å². The third-order valence-corrected chi connectivity index (χ3v) is 5.26. The van der Waals surface area contributed by atoms with Crippen LogP contribution in [0.15, 0.2) is 79.1 Å². The van der Waals surface area contributed by atoms with Gasteiger partial charge in [0.05, 0.1) is 5.69 Å². The highest BCUT2D eigenvalue weighted by Crippen LogP contribution is 2.28. The highest BCUT2D eigenvalue weighted by Gasteiger charge is 2.23. The molecule has 3 heterocycles. The van der Waals surface area contributed by atoms with Crippen LogP contribution in [-0.4, -0.2) is 21.8 Å². The lowest BCUT2D eigenvalue weighted by Gasteiger charge is -2.29. The first-order valence-corrected chi connectivity index (χ1v) is 9.83. The van der Waals surface area contributed by atoms with Crippen molar-refractivity contribution in [3.63, 3.8) is 0 Å². The number of nitrogens with zero attached hydrogens (tertiary/aromatic N) is 3. The molecule has 1 amide bonds. The summed E-state index contributed by atoms with van der Waals surface area (Å²) in [6.45, 7) is 1.14. The molecule has 5 nitrogen and oxygen atoms in total. The van der Waals surface area contributed by atoms with E-state index in [4.69, 9.17) is 4.74 Å². The minimum Gasteiger partial charge on any atom is -0.487 e. The van der Waals surface area contributed by atoms with Gasteiger partial charge in [0.1, 0.15) is 18.0 Å². The zero-order chi connectivity index (χ0) is 19.6. The molecule has 0 saturated carbocycles. The van der Waals surface area contributed by atoms with Crippen molar-refractivity contribution in [3.05, 3.63) is 95.9 Å². The Morgan fingerprint density at radius 3 is 2.69 bits per heavy atom. The third-order valence-electron chi connectivity index (χ3n) is 5.26. The van der Waals surface area contributed by atoms with Gasteiger partial charge >= 0.3 is 0 Å². The highest BCUT2D eigenvalue weighted by molar-refractivity contribution is 6.06. The predicted octanol–water partition coefficient (Wildman–Crippen LogP) is 4.51. The van der Waals surface area contributed by atoms with Crippen molar-refractivity contribution in [2.45, 2.75) is 19.4 Å². The molecule has 0 atom stereocenters. The first kappa shape index (κ1) is 17.5. The van der Waals surface area contributed by atoms with Crippen LogP contribution in [0.5, 0.6) is 5.75 Å². The number of amides is 1. The number of pyridine rings is 1. The molecule has 1 aliphatic heterocycles. The molecule has 144 valence electrons. The van der Waals surface area contributed by atoms with Gasteiger partial charge in [-0.15, -0.1) is 0 Å². The normalized spacial score (nSPS) is 13.3. The molecule has 5 heteroatoms. The van der Waals surface area contributed by atoms with Crippen LogP contribution in [0, 0.1) is 0 Å². The largest absolute Gasteiger partial charge is 0.487 e. The van der Waals surface area contributed by atoms with Gasteiger partial charge in [-0.2, -0.15) is 0 Å². The SMILES string of the molecule is O=C(c1ccc(OCc2cn3ccccc3n2)cc1)N1CCCc2ccccc21. The number of benzene rings is 2. The van der Waals surface area contributed by atoms with Gasteiger partial charge in [0.25, 0.3) is 5.91 Å². The number of carbonyl (C=O) groups is 1. The molecule has 0 bridgehead atoms. The Bertz CT molecular complexity index is 1130. The first-order valence-electron chi connectivity index (χ1n) is 9.83. The Morgan fingerprint density at radius 2 is 1.83 bits per heavy atom. The Hall–Kier alpha value is -3.60. The molecule has 0 spiro atoms. The van der Waals surface area contributed by atoms with Gasteiger partial charge in [-0.3, -0.25) is 4.79 Å². The third kappa shape index (κ3) is 3.47. The summed E-state index contributed by atoms with van der Waals surface area (Å²) in [5.41, 5.74) is 4.69. The van der Waals surface area contributed by atoms with E-state index in [0.717, 1.165) is 42.2 Å². The minimum absolute atomic E-state index is 0.0315. The first-order chi connectivity index (χ1) is 14.3. The number of aryl methyl sites for hydroxylation is 1. The standard InChI is InChI=1S/C24H21N3O2/c28-24(27-15-5-7-18-6-1-2-8-22(18)27)19-10-12-21(13-11-19)29-17-20-16-26-14-4-3-9-23(26)25-20/h1-4,6,8-14,16H,5,7,15,17H2. The van der Waals surface area contributed by atoms with E-state index in [-0.39, 0.29) is 5.91 Å². The average Bonchev–Trinajstić information content (AvgIpc) is 3.20. The van der Waals surface area contributed by atoms with E-state index >= 15 is 0 Å². The Morgan fingerprint density at radius 1 is 1.00 bits per heavy atom. The number of aromatic nitrogens is 2. The number of ether oxygens (including phenoxy) is 1. The van der Waals surface area contributed by atoms with Gasteiger partial charge in [-0.1, -0.05) is 24.3 Å². The Balaban J connectivity index is 1.28. The maximum atomic E-state index is 13.0. The minimum atomic E-state index is 0.0315. The van der Waals surface area contributed by atoms with Crippen molar-refractivity contribution in [1.29, 1.82) is 0 Å². The summed E-state index contributed by atoms with van der Waals surface area (Å²) >= 11 is 0. The molecule has 29 heavy (non-hydrogen) atoms. The van der Waals surface area contributed by atoms with Crippen LogP contribution in [0.25, 0.3) is 5.65 Å². The van der Waals surface area contributed by atoms with E-state index in [1.54, 1.807) is 0 Å². The van der Waals surface area contributed by atoms with Crippen molar-refractivity contribution < 1.29 is 9.53 Å². The second-order valence-electron chi connectivity index (χ2n) is 7.20. The topological polar surface area (TPSA) is 46.8 Å².